The molecule has 1 saturated heterocycles. The number of rotatable bonds is 8. The number of ether oxygens (including phenoxy) is 1. The van der Waals surface area contributed by atoms with Crippen LogP contribution in [0.15, 0.2) is 0 Å². The van der Waals surface area contributed by atoms with Gasteiger partial charge in [0.2, 0.25) is 5.91 Å². The van der Waals surface area contributed by atoms with Crippen molar-refractivity contribution in [3.05, 3.63) is 0 Å². The summed E-state index contributed by atoms with van der Waals surface area (Å²) in [5.41, 5.74) is 5.28. The van der Waals surface area contributed by atoms with Crippen LogP contribution in [0.3, 0.4) is 0 Å². The van der Waals surface area contributed by atoms with E-state index in [1.54, 1.807) is 0 Å². The molecule has 0 aromatic carbocycles. The van der Waals surface area contributed by atoms with Crippen molar-refractivity contribution in [2.75, 3.05) is 19.8 Å². The summed E-state index contributed by atoms with van der Waals surface area (Å²) < 4.78 is 5.21. The number of carboxylic acids is 1. The first kappa shape index (κ1) is 16.9. The molecule has 0 spiro atoms. The Morgan fingerprint density at radius 3 is 2.55 bits per heavy atom. The summed E-state index contributed by atoms with van der Waals surface area (Å²) in [5, 5.41) is 11.6. The summed E-state index contributed by atoms with van der Waals surface area (Å²) in [6.07, 6.45) is 3.66. The number of carboxylic acid groups (broad SMARTS) is 1. The lowest BCUT2D eigenvalue weighted by Gasteiger charge is -2.32. The quantitative estimate of drug-likeness (QED) is 0.615. The van der Waals surface area contributed by atoms with E-state index in [0.717, 1.165) is 12.8 Å². The lowest BCUT2D eigenvalue weighted by atomic mass is 9.90. The van der Waals surface area contributed by atoms with Gasteiger partial charge in [-0.15, -0.1) is 0 Å². The summed E-state index contributed by atoms with van der Waals surface area (Å²) in [6, 6.07) is 0. The van der Waals surface area contributed by atoms with Gasteiger partial charge in [-0.3, -0.25) is 9.59 Å². The molecule has 6 nitrogen and oxygen atoms in total. The highest BCUT2D eigenvalue weighted by Crippen LogP contribution is 2.18. The molecule has 6 heteroatoms. The minimum Gasteiger partial charge on any atom is -0.481 e. The molecule has 1 unspecified atom stereocenters. The summed E-state index contributed by atoms with van der Waals surface area (Å²) in [5.74, 6) is -0.556. The number of carbonyl (C=O) groups is 2. The zero-order valence-corrected chi connectivity index (χ0v) is 12.2. The smallest absolute Gasteiger partial charge is 0.303 e. The van der Waals surface area contributed by atoms with Crippen LogP contribution in [-0.2, 0) is 14.3 Å². The Morgan fingerprint density at radius 1 is 1.35 bits per heavy atom. The van der Waals surface area contributed by atoms with Gasteiger partial charge >= 0.3 is 5.97 Å². The predicted molar refractivity (Wildman–Crippen MR) is 75.2 cm³/mol. The molecule has 1 fully saturated rings. The van der Waals surface area contributed by atoms with Crippen LogP contribution in [-0.4, -0.2) is 42.3 Å². The van der Waals surface area contributed by atoms with Crippen molar-refractivity contribution in [1.82, 2.24) is 5.32 Å². The molecule has 20 heavy (non-hydrogen) atoms. The van der Waals surface area contributed by atoms with Crippen molar-refractivity contribution < 1.29 is 19.4 Å². The maximum Gasteiger partial charge on any atom is 0.303 e. The molecule has 1 amide bonds. The second-order valence-electron chi connectivity index (χ2n) is 5.52. The molecular formula is C14H26N2O4. The SMILES string of the molecule is CCC(CCNC(=O)C1(N)CCOCC1)CCC(=O)O. The molecule has 0 aliphatic carbocycles. The van der Waals surface area contributed by atoms with Crippen LogP contribution in [0.25, 0.3) is 0 Å². The fourth-order valence-electron chi connectivity index (χ4n) is 2.41. The maximum absolute atomic E-state index is 12.1. The van der Waals surface area contributed by atoms with E-state index in [1.807, 2.05) is 6.92 Å². The van der Waals surface area contributed by atoms with Crippen molar-refractivity contribution in [3.63, 3.8) is 0 Å². The zero-order valence-electron chi connectivity index (χ0n) is 12.2. The Morgan fingerprint density at radius 2 is 2.00 bits per heavy atom. The molecular weight excluding hydrogens is 260 g/mol. The van der Waals surface area contributed by atoms with Gasteiger partial charge in [0.15, 0.2) is 0 Å². The topological polar surface area (TPSA) is 102 Å². The van der Waals surface area contributed by atoms with E-state index in [4.69, 9.17) is 15.6 Å². The molecule has 1 rings (SSSR count). The highest BCUT2D eigenvalue weighted by atomic mass is 16.5. The van der Waals surface area contributed by atoms with E-state index in [1.165, 1.54) is 0 Å². The molecule has 1 atom stereocenters. The summed E-state index contributed by atoms with van der Waals surface area (Å²) in [6.45, 7) is 3.65. The second-order valence-corrected chi connectivity index (χ2v) is 5.52. The van der Waals surface area contributed by atoms with Crippen molar-refractivity contribution in [2.24, 2.45) is 11.7 Å². The Kier molecular flexibility index (Phi) is 6.95. The molecule has 0 radical (unpaired) electrons. The second kappa shape index (κ2) is 8.21. The Labute approximate surface area is 120 Å². The van der Waals surface area contributed by atoms with Crippen LogP contribution >= 0.6 is 0 Å². The van der Waals surface area contributed by atoms with E-state index in [9.17, 15) is 9.59 Å². The molecule has 1 aliphatic rings. The lowest BCUT2D eigenvalue weighted by molar-refractivity contribution is -0.137. The van der Waals surface area contributed by atoms with E-state index < -0.39 is 11.5 Å². The van der Waals surface area contributed by atoms with Gasteiger partial charge in [0.1, 0.15) is 0 Å². The van der Waals surface area contributed by atoms with Crippen molar-refractivity contribution in [2.45, 2.75) is 51.0 Å². The molecule has 4 N–H and O–H groups in total. The molecule has 1 heterocycles. The average Bonchev–Trinajstić information content (AvgIpc) is 2.43. The minimum absolute atomic E-state index is 0.117. The summed E-state index contributed by atoms with van der Waals surface area (Å²) in [7, 11) is 0. The van der Waals surface area contributed by atoms with Crippen molar-refractivity contribution >= 4 is 11.9 Å². The largest absolute Gasteiger partial charge is 0.481 e. The van der Waals surface area contributed by atoms with Crippen LogP contribution < -0.4 is 11.1 Å². The van der Waals surface area contributed by atoms with Gasteiger partial charge in [-0.1, -0.05) is 13.3 Å². The number of aliphatic carboxylic acids is 1. The minimum atomic E-state index is -0.805. The fourth-order valence-corrected chi connectivity index (χ4v) is 2.41. The van der Waals surface area contributed by atoms with Gasteiger partial charge in [-0.05, 0) is 31.6 Å². The van der Waals surface area contributed by atoms with E-state index in [2.05, 4.69) is 5.32 Å². The summed E-state index contributed by atoms with van der Waals surface area (Å²) in [4.78, 5) is 22.6. The average molecular weight is 286 g/mol. The van der Waals surface area contributed by atoms with Crippen molar-refractivity contribution in [3.8, 4) is 0 Å². The molecule has 1 aliphatic heterocycles. The molecule has 116 valence electrons. The van der Waals surface area contributed by atoms with Gasteiger partial charge in [0.05, 0.1) is 5.54 Å². The van der Waals surface area contributed by atoms with Crippen LogP contribution in [0, 0.1) is 5.92 Å². The van der Waals surface area contributed by atoms with Gasteiger partial charge in [-0.2, -0.15) is 0 Å². The zero-order chi connectivity index (χ0) is 15.0. The Bertz CT molecular complexity index is 327. The monoisotopic (exact) mass is 286 g/mol. The first-order chi connectivity index (χ1) is 9.48. The Hall–Kier alpha value is -1.14. The molecule has 0 aromatic rings. The fraction of sp³-hybridized carbons (Fsp3) is 0.857. The Balaban J connectivity index is 2.27. The number of carbonyl (C=O) groups excluding carboxylic acids is 1. The first-order valence-electron chi connectivity index (χ1n) is 7.34. The highest BCUT2D eigenvalue weighted by Gasteiger charge is 2.35. The van der Waals surface area contributed by atoms with Gasteiger partial charge in [-0.25, -0.2) is 0 Å². The number of nitrogens with one attached hydrogen (secondary N) is 1. The third-order valence-corrected chi connectivity index (χ3v) is 4.02. The normalized spacial score (nSPS) is 19.3. The van der Waals surface area contributed by atoms with Gasteiger partial charge < -0.3 is 20.9 Å². The molecule has 0 saturated carbocycles. The van der Waals surface area contributed by atoms with Gasteiger partial charge in [0.25, 0.3) is 0 Å². The highest BCUT2D eigenvalue weighted by molar-refractivity contribution is 5.86. The van der Waals surface area contributed by atoms with E-state index in [-0.39, 0.29) is 12.3 Å². The number of hydrogen-bond donors (Lipinski definition) is 3. The molecule has 0 bridgehead atoms. The summed E-state index contributed by atoms with van der Waals surface area (Å²) >= 11 is 0. The van der Waals surface area contributed by atoms with Gasteiger partial charge in [0, 0.05) is 26.2 Å². The standard InChI is InChI=1S/C14H26N2O4/c1-2-11(3-4-12(17)18)5-8-16-13(19)14(15)6-9-20-10-7-14/h11H,2-10,15H2,1H3,(H,16,19)(H,17,18). The van der Waals surface area contributed by atoms with Crippen molar-refractivity contribution in [1.29, 1.82) is 0 Å². The maximum atomic E-state index is 12.1. The predicted octanol–water partition coefficient (Wildman–Crippen LogP) is 0.892. The van der Waals surface area contributed by atoms with Crippen LogP contribution in [0.4, 0.5) is 0 Å². The number of amides is 1. The number of hydrogen-bond acceptors (Lipinski definition) is 4. The third-order valence-electron chi connectivity index (χ3n) is 4.02. The first-order valence-corrected chi connectivity index (χ1v) is 7.34. The van der Waals surface area contributed by atoms with Crippen LogP contribution in [0.1, 0.15) is 45.4 Å². The van der Waals surface area contributed by atoms with E-state index >= 15 is 0 Å². The molecule has 0 aromatic heterocycles. The van der Waals surface area contributed by atoms with Crippen LogP contribution in [0.2, 0.25) is 0 Å². The number of nitrogens with two attached hydrogens (primary N) is 1. The lowest BCUT2D eigenvalue weighted by Crippen LogP contribution is -2.57. The third kappa shape index (κ3) is 5.46. The van der Waals surface area contributed by atoms with E-state index in [0.29, 0.717) is 44.9 Å². The van der Waals surface area contributed by atoms with Crippen LogP contribution in [0.5, 0.6) is 0 Å².